The van der Waals surface area contributed by atoms with Crippen molar-refractivity contribution in [1.82, 2.24) is 0 Å². The molecule has 1 aromatic carbocycles. The molecule has 0 aromatic heterocycles. The van der Waals surface area contributed by atoms with Gasteiger partial charge in [-0.1, -0.05) is 30.4 Å². The number of benzene rings is 1. The van der Waals surface area contributed by atoms with Crippen molar-refractivity contribution >= 4 is 11.9 Å². The fraction of sp³-hybridized carbons (Fsp3) is 0.188. The van der Waals surface area contributed by atoms with Crippen LogP contribution in [0.25, 0.3) is 6.08 Å². The zero-order valence-corrected chi connectivity index (χ0v) is 10.8. The van der Waals surface area contributed by atoms with Gasteiger partial charge >= 0.3 is 0 Å². The predicted molar refractivity (Wildman–Crippen MR) is 75.2 cm³/mol. The van der Waals surface area contributed by atoms with Crippen molar-refractivity contribution < 1.29 is 14.6 Å². The van der Waals surface area contributed by atoms with E-state index < -0.39 is 0 Å². The number of hydrogen-bond acceptors (Lipinski definition) is 3. The van der Waals surface area contributed by atoms with Gasteiger partial charge in [-0.05, 0) is 42.2 Å². The summed E-state index contributed by atoms with van der Waals surface area (Å²) in [5.74, 6) is 0.635. The number of methoxy groups -OCH3 is 1. The van der Waals surface area contributed by atoms with Crippen molar-refractivity contribution in [2.75, 3.05) is 7.11 Å². The largest absolute Gasteiger partial charge is 0.504 e. The van der Waals surface area contributed by atoms with Crippen LogP contribution in [0.2, 0.25) is 0 Å². The maximum absolute atomic E-state index is 11.5. The van der Waals surface area contributed by atoms with E-state index in [9.17, 15) is 9.90 Å². The van der Waals surface area contributed by atoms with Gasteiger partial charge in [-0.25, -0.2) is 0 Å². The number of ketones is 1. The summed E-state index contributed by atoms with van der Waals surface area (Å²) < 4.78 is 5.04. The number of aromatic hydroxyl groups is 1. The lowest BCUT2D eigenvalue weighted by Gasteiger charge is -2.05. The summed E-state index contributed by atoms with van der Waals surface area (Å²) in [7, 11) is 1.51. The maximum atomic E-state index is 11.5. The van der Waals surface area contributed by atoms with Crippen molar-refractivity contribution in [3.05, 3.63) is 53.6 Å². The van der Waals surface area contributed by atoms with Crippen LogP contribution in [-0.4, -0.2) is 18.0 Å². The van der Waals surface area contributed by atoms with Gasteiger partial charge in [0.15, 0.2) is 17.3 Å². The predicted octanol–water partition coefficient (Wildman–Crippen LogP) is 3.26. The Bertz CT molecular complexity index is 565. The maximum Gasteiger partial charge on any atom is 0.181 e. The first-order valence-electron chi connectivity index (χ1n) is 6.16. The summed E-state index contributed by atoms with van der Waals surface area (Å²) >= 11 is 0. The van der Waals surface area contributed by atoms with Crippen molar-refractivity contribution in [1.29, 1.82) is 0 Å². The minimum absolute atomic E-state index is 0.0826. The molecule has 0 atom stereocenters. The minimum atomic E-state index is 0.0826. The molecule has 0 bridgehead atoms. The van der Waals surface area contributed by atoms with Crippen LogP contribution in [0.4, 0.5) is 0 Å². The molecule has 3 heteroatoms. The van der Waals surface area contributed by atoms with E-state index in [1.54, 1.807) is 24.3 Å². The molecular formula is C16H16O3. The fourth-order valence-corrected chi connectivity index (χ4v) is 1.90. The molecule has 98 valence electrons. The van der Waals surface area contributed by atoms with E-state index in [0.29, 0.717) is 5.75 Å². The SMILES string of the molecule is COc1cc(/C=C/C=C2\CCC=CC2=O)ccc1O. The summed E-state index contributed by atoms with van der Waals surface area (Å²) in [4.78, 5) is 11.5. The first-order chi connectivity index (χ1) is 9.20. The number of allylic oxidation sites excluding steroid dienone is 5. The van der Waals surface area contributed by atoms with E-state index in [2.05, 4.69) is 0 Å². The van der Waals surface area contributed by atoms with Gasteiger partial charge in [0.2, 0.25) is 0 Å². The van der Waals surface area contributed by atoms with Crippen LogP contribution in [0, 0.1) is 0 Å². The Morgan fingerprint density at radius 2 is 2.21 bits per heavy atom. The third-order valence-corrected chi connectivity index (χ3v) is 2.96. The summed E-state index contributed by atoms with van der Waals surface area (Å²) in [6.07, 6.45) is 10.8. The smallest absolute Gasteiger partial charge is 0.181 e. The quantitative estimate of drug-likeness (QED) is 0.844. The van der Waals surface area contributed by atoms with Crippen LogP contribution in [0.3, 0.4) is 0 Å². The minimum Gasteiger partial charge on any atom is -0.504 e. The second kappa shape index (κ2) is 6.05. The molecule has 0 saturated carbocycles. The second-order valence-corrected chi connectivity index (χ2v) is 4.29. The first-order valence-corrected chi connectivity index (χ1v) is 6.16. The third-order valence-electron chi connectivity index (χ3n) is 2.96. The van der Waals surface area contributed by atoms with Gasteiger partial charge in [-0.3, -0.25) is 4.79 Å². The molecule has 0 saturated heterocycles. The molecule has 1 aliphatic carbocycles. The van der Waals surface area contributed by atoms with Gasteiger partial charge in [0, 0.05) is 0 Å². The monoisotopic (exact) mass is 256 g/mol. The molecular weight excluding hydrogens is 240 g/mol. The molecule has 0 heterocycles. The zero-order chi connectivity index (χ0) is 13.7. The normalized spacial score (nSPS) is 17.3. The molecule has 0 spiro atoms. The Morgan fingerprint density at radius 3 is 2.95 bits per heavy atom. The average molecular weight is 256 g/mol. The van der Waals surface area contributed by atoms with Crippen LogP contribution < -0.4 is 4.74 Å². The number of phenolic OH excluding ortho intramolecular Hbond substituents is 1. The van der Waals surface area contributed by atoms with E-state index in [4.69, 9.17) is 4.74 Å². The molecule has 0 aliphatic heterocycles. The van der Waals surface area contributed by atoms with Crippen LogP contribution in [0.5, 0.6) is 11.5 Å². The molecule has 3 nitrogen and oxygen atoms in total. The molecule has 0 fully saturated rings. The molecule has 0 unspecified atom stereocenters. The Hall–Kier alpha value is -2.29. The molecule has 1 aromatic rings. The van der Waals surface area contributed by atoms with Crippen molar-refractivity contribution in [2.45, 2.75) is 12.8 Å². The second-order valence-electron chi connectivity index (χ2n) is 4.29. The van der Waals surface area contributed by atoms with Gasteiger partial charge in [-0.2, -0.15) is 0 Å². The summed E-state index contributed by atoms with van der Waals surface area (Å²) in [5.41, 5.74) is 1.73. The van der Waals surface area contributed by atoms with Gasteiger partial charge in [0.25, 0.3) is 0 Å². The topological polar surface area (TPSA) is 46.5 Å². The highest BCUT2D eigenvalue weighted by Crippen LogP contribution is 2.26. The number of ether oxygens (including phenoxy) is 1. The van der Waals surface area contributed by atoms with Crippen molar-refractivity contribution in [2.24, 2.45) is 0 Å². The van der Waals surface area contributed by atoms with Crippen LogP contribution >= 0.6 is 0 Å². The fourth-order valence-electron chi connectivity index (χ4n) is 1.90. The van der Waals surface area contributed by atoms with Crippen LogP contribution in [-0.2, 0) is 4.79 Å². The average Bonchev–Trinajstić information content (AvgIpc) is 2.43. The number of hydrogen-bond donors (Lipinski definition) is 1. The van der Waals surface area contributed by atoms with E-state index in [1.807, 2.05) is 24.3 Å². The Morgan fingerprint density at radius 1 is 1.37 bits per heavy atom. The van der Waals surface area contributed by atoms with E-state index >= 15 is 0 Å². The lowest BCUT2D eigenvalue weighted by molar-refractivity contribution is -0.111. The Labute approximate surface area is 112 Å². The van der Waals surface area contributed by atoms with Gasteiger partial charge in [0.05, 0.1) is 7.11 Å². The van der Waals surface area contributed by atoms with Gasteiger partial charge in [-0.15, -0.1) is 0 Å². The lowest BCUT2D eigenvalue weighted by Crippen LogP contribution is -2.02. The number of carbonyl (C=O) groups is 1. The highest BCUT2D eigenvalue weighted by Gasteiger charge is 2.07. The lowest BCUT2D eigenvalue weighted by atomic mass is 9.99. The molecule has 0 radical (unpaired) electrons. The number of rotatable bonds is 3. The van der Waals surface area contributed by atoms with E-state index in [0.717, 1.165) is 24.0 Å². The number of carbonyl (C=O) groups excluding carboxylic acids is 1. The van der Waals surface area contributed by atoms with Crippen LogP contribution in [0.15, 0.2) is 48.1 Å². The first kappa shape index (κ1) is 13.1. The molecule has 19 heavy (non-hydrogen) atoms. The molecule has 1 aliphatic rings. The molecule has 0 amide bonds. The van der Waals surface area contributed by atoms with E-state index in [-0.39, 0.29) is 11.5 Å². The summed E-state index contributed by atoms with van der Waals surface area (Å²) in [6.45, 7) is 0. The van der Waals surface area contributed by atoms with Gasteiger partial charge < -0.3 is 9.84 Å². The highest BCUT2D eigenvalue weighted by atomic mass is 16.5. The molecule has 2 rings (SSSR count). The van der Waals surface area contributed by atoms with E-state index in [1.165, 1.54) is 7.11 Å². The zero-order valence-electron chi connectivity index (χ0n) is 10.8. The standard InChI is InChI=1S/C16H16O3/c1-19-16-11-12(9-10-15(16)18)5-4-7-13-6-2-3-8-14(13)17/h3-5,7-11,18H,2,6H2,1H3/b5-4+,13-7+. The van der Waals surface area contributed by atoms with Gasteiger partial charge in [0.1, 0.15) is 0 Å². The summed E-state index contributed by atoms with van der Waals surface area (Å²) in [5, 5.41) is 9.49. The molecule has 1 N–H and O–H groups in total. The van der Waals surface area contributed by atoms with Crippen molar-refractivity contribution in [3.8, 4) is 11.5 Å². The summed E-state index contributed by atoms with van der Waals surface area (Å²) in [6, 6.07) is 5.11. The van der Waals surface area contributed by atoms with Crippen LogP contribution in [0.1, 0.15) is 18.4 Å². The Kier molecular flexibility index (Phi) is 4.18. The Balaban J connectivity index is 2.13. The number of phenols is 1. The highest BCUT2D eigenvalue weighted by molar-refractivity contribution is 6.04. The third kappa shape index (κ3) is 3.35. The van der Waals surface area contributed by atoms with Crippen molar-refractivity contribution in [3.63, 3.8) is 0 Å².